The number of thioether (sulfide) groups is 1. The number of rotatable bonds is 7. The monoisotopic (exact) mass is 460 g/mol. The van der Waals surface area contributed by atoms with E-state index in [4.69, 9.17) is 4.74 Å². The van der Waals surface area contributed by atoms with Crippen molar-refractivity contribution in [3.05, 3.63) is 0 Å². The molecule has 0 aromatic heterocycles. The van der Waals surface area contributed by atoms with E-state index >= 15 is 0 Å². The van der Waals surface area contributed by atoms with Crippen molar-refractivity contribution in [1.82, 2.24) is 16.0 Å². The molecule has 0 fully saturated rings. The average Bonchev–Trinajstić information content (AvgIpc) is 2.34. The van der Waals surface area contributed by atoms with Crippen LogP contribution < -0.4 is 16.0 Å². The molecule has 0 heterocycles. The van der Waals surface area contributed by atoms with Crippen LogP contribution in [0.25, 0.3) is 0 Å². The van der Waals surface area contributed by atoms with Crippen LogP contribution in [0, 0.1) is 0 Å². The number of carbonyl (C=O) groups is 1. The molecule has 138 valence electrons. The summed E-state index contributed by atoms with van der Waals surface area (Å²) in [5.41, 5.74) is -0.943. The van der Waals surface area contributed by atoms with Crippen LogP contribution in [0.3, 0.4) is 0 Å². The maximum Gasteiger partial charge on any atom is 0.408 e. The Bertz CT molecular complexity index is 371. The van der Waals surface area contributed by atoms with Crippen molar-refractivity contribution in [3.63, 3.8) is 0 Å². The Morgan fingerprint density at radius 1 is 1.17 bits per heavy atom. The summed E-state index contributed by atoms with van der Waals surface area (Å²) < 4.78 is 5.27. The number of nitrogens with zero attached hydrogens (tertiary/aromatic N) is 1. The largest absolute Gasteiger partial charge is 0.444 e. The van der Waals surface area contributed by atoms with Gasteiger partial charge < -0.3 is 20.7 Å². The third-order valence-corrected chi connectivity index (χ3v) is 3.28. The standard InChI is InChI=1S/C15H32N4O2S.HI/c1-14(2,3)21-13(20)19-15(4,5)11-18-12(16-6)17-9-8-10-22-7;/h8-11H2,1-7H3,(H,19,20)(H2,16,17,18);1H. The van der Waals surface area contributed by atoms with E-state index in [0.29, 0.717) is 6.54 Å². The highest BCUT2D eigenvalue weighted by molar-refractivity contribution is 14.0. The van der Waals surface area contributed by atoms with Crippen molar-refractivity contribution in [3.8, 4) is 0 Å². The van der Waals surface area contributed by atoms with Crippen LogP contribution in [-0.2, 0) is 4.74 Å². The van der Waals surface area contributed by atoms with Gasteiger partial charge in [0.15, 0.2) is 5.96 Å². The molecule has 0 radical (unpaired) electrons. The molecule has 0 aliphatic heterocycles. The van der Waals surface area contributed by atoms with Crippen molar-refractivity contribution in [2.75, 3.05) is 32.1 Å². The van der Waals surface area contributed by atoms with Crippen molar-refractivity contribution in [1.29, 1.82) is 0 Å². The molecule has 0 aromatic rings. The molecule has 0 saturated heterocycles. The number of alkyl carbamates (subject to hydrolysis) is 1. The van der Waals surface area contributed by atoms with Gasteiger partial charge in [-0.2, -0.15) is 11.8 Å². The van der Waals surface area contributed by atoms with Crippen LogP contribution in [0.5, 0.6) is 0 Å². The highest BCUT2D eigenvalue weighted by Gasteiger charge is 2.24. The predicted octanol–water partition coefficient (Wildman–Crippen LogP) is 2.83. The van der Waals surface area contributed by atoms with E-state index < -0.39 is 17.2 Å². The maximum absolute atomic E-state index is 11.8. The van der Waals surface area contributed by atoms with Crippen LogP contribution in [0.2, 0.25) is 0 Å². The summed E-state index contributed by atoms with van der Waals surface area (Å²) in [5, 5.41) is 9.33. The molecule has 8 heteroatoms. The molecule has 1 amide bonds. The highest BCUT2D eigenvalue weighted by Crippen LogP contribution is 2.09. The molecular formula is C15H33IN4O2S. The number of halogens is 1. The van der Waals surface area contributed by atoms with E-state index in [1.165, 1.54) is 0 Å². The minimum Gasteiger partial charge on any atom is -0.444 e. The lowest BCUT2D eigenvalue weighted by atomic mass is 10.1. The van der Waals surface area contributed by atoms with E-state index in [-0.39, 0.29) is 24.0 Å². The lowest BCUT2D eigenvalue weighted by molar-refractivity contribution is 0.0474. The lowest BCUT2D eigenvalue weighted by Gasteiger charge is -2.29. The summed E-state index contributed by atoms with van der Waals surface area (Å²) in [6.45, 7) is 10.8. The summed E-state index contributed by atoms with van der Waals surface area (Å²) >= 11 is 1.83. The smallest absolute Gasteiger partial charge is 0.408 e. The van der Waals surface area contributed by atoms with Crippen molar-refractivity contribution < 1.29 is 9.53 Å². The van der Waals surface area contributed by atoms with Crippen LogP contribution in [0.1, 0.15) is 41.0 Å². The fraction of sp³-hybridized carbons (Fsp3) is 0.867. The van der Waals surface area contributed by atoms with Gasteiger partial charge in [0.25, 0.3) is 0 Å². The molecular weight excluding hydrogens is 427 g/mol. The van der Waals surface area contributed by atoms with Gasteiger partial charge in [0.05, 0.1) is 5.54 Å². The van der Waals surface area contributed by atoms with Crippen LogP contribution in [-0.4, -0.2) is 55.3 Å². The lowest BCUT2D eigenvalue weighted by Crippen LogP contribution is -2.54. The second-order valence-corrected chi connectivity index (χ2v) is 7.70. The molecule has 0 atom stereocenters. The summed E-state index contributed by atoms with van der Waals surface area (Å²) in [4.78, 5) is 16.0. The highest BCUT2D eigenvalue weighted by atomic mass is 127. The van der Waals surface area contributed by atoms with Gasteiger partial charge in [0.1, 0.15) is 5.60 Å². The SMILES string of the molecule is CN=C(NCCCSC)NCC(C)(C)NC(=O)OC(C)(C)C.I. The number of ether oxygens (including phenoxy) is 1. The van der Waals surface area contributed by atoms with Crippen molar-refractivity contribution >= 4 is 47.8 Å². The summed E-state index contributed by atoms with van der Waals surface area (Å²) in [6.07, 6.45) is 2.77. The quantitative estimate of drug-likeness (QED) is 0.236. The van der Waals surface area contributed by atoms with E-state index in [1.807, 2.05) is 46.4 Å². The van der Waals surface area contributed by atoms with Crippen LogP contribution in [0.15, 0.2) is 4.99 Å². The fourth-order valence-corrected chi connectivity index (χ4v) is 2.01. The first-order valence-corrected chi connectivity index (χ1v) is 8.93. The first kappa shape index (κ1) is 24.9. The maximum atomic E-state index is 11.8. The summed E-state index contributed by atoms with van der Waals surface area (Å²) in [6, 6.07) is 0. The van der Waals surface area contributed by atoms with Crippen molar-refractivity contribution in [2.45, 2.75) is 52.2 Å². The number of carbonyl (C=O) groups excluding carboxylic acids is 1. The van der Waals surface area contributed by atoms with Gasteiger partial charge in [0.2, 0.25) is 0 Å². The Morgan fingerprint density at radius 3 is 2.26 bits per heavy atom. The minimum atomic E-state index is -0.498. The molecule has 0 saturated carbocycles. The third kappa shape index (κ3) is 14.9. The summed E-state index contributed by atoms with van der Waals surface area (Å²) in [5.74, 6) is 1.86. The Kier molecular flexibility index (Phi) is 13.0. The molecule has 0 rings (SSSR count). The van der Waals surface area contributed by atoms with Gasteiger partial charge >= 0.3 is 6.09 Å². The van der Waals surface area contributed by atoms with Gasteiger partial charge in [-0.15, -0.1) is 24.0 Å². The molecule has 6 nitrogen and oxygen atoms in total. The van der Waals surface area contributed by atoms with Gasteiger partial charge in [-0.3, -0.25) is 4.99 Å². The number of nitrogens with one attached hydrogen (secondary N) is 3. The first-order valence-electron chi connectivity index (χ1n) is 7.54. The molecule has 3 N–H and O–H groups in total. The van der Waals surface area contributed by atoms with Gasteiger partial charge in [-0.1, -0.05) is 0 Å². The zero-order valence-electron chi connectivity index (χ0n) is 15.4. The van der Waals surface area contributed by atoms with Gasteiger partial charge in [-0.05, 0) is 53.0 Å². The molecule has 0 aliphatic rings. The molecule has 0 spiro atoms. The van der Waals surface area contributed by atoms with Gasteiger partial charge in [-0.25, -0.2) is 4.79 Å². The molecule has 0 aliphatic carbocycles. The zero-order chi connectivity index (χ0) is 17.2. The number of amides is 1. The number of hydrogen-bond acceptors (Lipinski definition) is 4. The van der Waals surface area contributed by atoms with E-state index in [2.05, 4.69) is 27.2 Å². The van der Waals surface area contributed by atoms with Crippen LogP contribution >= 0.6 is 35.7 Å². The van der Waals surface area contributed by atoms with Crippen molar-refractivity contribution in [2.24, 2.45) is 4.99 Å². The Balaban J connectivity index is 0. The fourth-order valence-electron chi connectivity index (χ4n) is 1.57. The normalized spacial score (nSPS) is 12.2. The number of aliphatic imine (C=N–C) groups is 1. The number of guanidine groups is 1. The van der Waals surface area contributed by atoms with E-state index in [9.17, 15) is 4.79 Å². The predicted molar refractivity (Wildman–Crippen MR) is 111 cm³/mol. The number of hydrogen-bond donors (Lipinski definition) is 3. The Hall–Kier alpha value is -0.380. The molecule has 23 heavy (non-hydrogen) atoms. The third-order valence-electron chi connectivity index (χ3n) is 2.58. The topological polar surface area (TPSA) is 74.8 Å². The van der Waals surface area contributed by atoms with E-state index in [1.54, 1.807) is 7.05 Å². The molecule has 0 unspecified atom stereocenters. The Labute approximate surface area is 162 Å². The minimum absolute atomic E-state index is 0. The first-order chi connectivity index (χ1) is 10.1. The van der Waals surface area contributed by atoms with Crippen LogP contribution in [0.4, 0.5) is 4.79 Å². The second kappa shape index (κ2) is 12.0. The van der Waals surface area contributed by atoms with E-state index in [0.717, 1.165) is 24.7 Å². The van der Waals surface area contributed by atoms with Gasteiger partial charge in [0, 0.05) is 20.1 Å². The second-order valence-electron chi connectivity index (χ2n) is 6.71. The molecule has 0 bridgehead atoms. The average molecular weight is 460 g/mol. The summed E-state index contributed by atoms with van der Waals surface area (Å²) in [7, 11) is 1.73. The molecule has 0 aromatic carbocycles. The Morgan fingerprint density at radius 2 is 1.78 bits per heavy atom. The zero-order valence-corrected chi connectivity index (χ0v) is 18.6.